The molecule has 1 unspecified atom stereocenters. The molecule has 0 aromatic rings. The number of aliphatic hydroxyl groups is 1. The van der Waals surface area contributed by atoms with E-state index in [1.54, 1.807) is 0 Å². The SMILES string of the molecule is O=C1CC(=O)C(O)C1. The zero-order valence-corrected chi connectivity index (χ0v) is 4.26. The predicted octanol–water partition coefficient (Wildman–Crippen LogP) is -0.721. The van der Waals surface area contributed by atoms with E-state index in [-0.39, 0.29) is 24.4 Å². The molecule has 44 valence electrons. The van der Waals surface area contributed by atoms with E-state index in [2.05, 4.69) is 0 Å². The van der Waals surface area contributed by atoms with Crippen molar-refractivity contribution in [3.8, 4) is 0 Å². The Morgan fingerprint density at radius 1 is 1.50 bits per heavy atom. The first kappa shape index (κ1) is 5.44. The van der Waals surface area contributed by atoms with Gasteiger partial charge in [-0.05, 0) is 0 Å². The van der Waals surface area contributed by atoms with Crippen molar-refractivity contribution in [1.29, 1.82) is 0 Å². The molecule has 3 heteroatoms. The fourth-order valence-electron chi connectivity index (χ4n) is 0.714. The molecule has 1 atom stereocenters. The Balaban J connectivity index is 2.64. The molecule has 0 aromatic carbocycles. The summed E-state index contributed by atoms with van der Waals surface area (Å²) in [7, 11) is 0. The summed E-state index contributed by atoms with van der Waals surface area (Å²) in [6.07, 6.45) is -1.04. The molecule has 1 fully saturated rings. The molecule has 0 bridgehead atoms. The third-order valence-electron chi connectivity index (χ3n) is 1.16. The van der Waals surface area contributed by atoms with Crippen LogP contribution in [-0.2, 0) is 9.59 Å². The van der Waals surface area contributed by atoms with Crippen LogP contribution in [0.15, 0.2) is 0 Å². The van der Waals surface area contributed by atoms with Gasteiger partial charge in [0.15, 0.2) is 5.78 Å². The van der Waals surface area contributed by atoms with Crippen LogP contribution >= 0.6 is 0 Å². The van der Waals surface area contributed by atoms with E-state index in [1.807, 2.05) is 0 Å². The molecule has 1 aliphatic carbocycles. The summed E-state index contributed by atoms with van der Waals surface area (Å²) in [6, 6.07) is 0. The highest BCUT2D eigenvalue weighted by Crippen LogP contribution is 2.09. The van der Waals surface area contributed by atoms with Gasteiger partial charge in [-0.25, -0.2) is 0 Å². The Kier molecular flexibility index (Phi) is 1.13. The minimum Gasteiger partial charge on any atom is -0.385 e. The van der Waals surface area contributed by atoms with Crippen molar-refractivity contribution in [2.24, 2.45) is 0 Å². The van der Waals surface area contributed by atoms with Crippen molar-refractivity contribution in [3.05, 3.63) is 0 Å². The maximum atomic E-state index is 10.3. The molecule has 0 saturated heterocycles. The van der Waals surface area contributed by atoms with Crippen molar-refractivity contribution in [2.45, 2.75) is 18.9 Å². The number of ketones is 2. The topological polar surface area (TPSA) is 54.4 Å². The van der Waals surface area contributed by atoms with Crippen LogP contribution in [0.2, 0.25) is 0 Å². The van der Waals surface area contributed by atoms with Crippen molar-refractivity contribution in [2.75, 3.05) is 0 Å². The highest BCUT2D eigenvalue weighted by molar-refractivity contribution is 6.08. The lowest BCUT2D eigenvalue weighted by Crippen LogP contribution is -2.10. The molecular formula is C5H6O3. The number of carbonyl (C=O) groups is 2. The normalized spacial score (nSPS) is 29.4. The lowest BCUT2D eigenvalue weighted by Gasteiger charge is -1.89. The fourth-order valence-corrected chi connectivity index (χ4v) is 0.714. The lowest BCUT2D eigenvalue weighted by atomic mass is 10.3. The van der Waals surface area contributed by atoms with Crippen LogP contribution in [0.5, 0.6) is 0 Å². The van der Waals surface area contributed by atoms with Crippen LogP contribution in [0.25, 0.3) is 0 Å². The molecule has 0 aliphatic heterocycles. The number of carbonyl (C=O) groups excluding carboxylic acids is 2. The van der Waals surface area contributed by atoms with Crippen molar-refractivity contribution < 1.29 is 14.7 Å². The van der Waals surface area contributed by atoms with Crippen LogP contribution < -0.4 is 0 Å². The summed E-state index contributed by atoms with van der Waals surface area (Å²) in [5, 5.41) is 8.60. The Morgan fingerprint density at radius 3 is 2.25 bits per heavy atom. The van der Waals surface area contributed by atoms with Gasteiger partial charge in [-0.3, -0.25) is 9.59 Å². The van der Waals surface area contributed by atoms with Gasteiger partial charge in [0.25, 0.3) is 0 Å². The van der Waals surface area contributed by atoms with Gasteiger partial charge in [0.2, 0.25) is 0 Å². The Labute approximate surface area is 46.3 Å². The fraction of sp³-hybridized carbons (Fsp3) is 0.600. The van der Waals surface area contributed by atoms with Gasteiger partial charge < -0.3 is 5.11 Å². The third kappa shape index (κ3) is 0.767. The van der Waals surface area contributed by atoms with E-state index in [9.17, 15) is 9.59 Å². The Hall–Kier alpha value is -0.700. The first-order chi connectivity index (χ1) is 3.70. The zero-order chi connectivity index (χ0) is 6.15. The van der Waals surface area contributed by atoms with Crippen LogP contribution in [0.3, 0.4) is 0 Å². The number of aliphatic hydroxyl groups excluding tert-OH is 1. The number of rotatable bonds is 0. The maximum absolute atomic E-state index is 10.3. The van der Waals surface area contributed by atoms with Gasteiger partial charge in [-0.1, -0.05) is 0 Å². The van der Waals surface area contributed by atoms with Gasteiger partial charge >= 0.3 is 0 Å². The van der Waals surface area contributed by atoms with Gasteiger partial charge in [-0.2, -0.15) is 0 Å². The molecule has 8 heavy (non-hydrogen) atoms. The monoisotopic (exact) mass is 114 g/mol. The van der Waals surface area contributed by atoms with Crippen molar-refractivity contribution in [3.63, 3.8) is 0 Å². The van der Waals surface area contributed by atoms with Crippen molar-refractivity contribution in [1.82, 2.24) is 0 Å². The third-order valence-corrected chi connectivity index (χ3v) is 1.16. The lowest BCUT2D eigenvalue weighted by molar-refractivity contribution is -0.124. The molecule has 0 radical (unpaired) electrons. The molecule has 1 saturated carbocycles. The minimum absolute atomic E-state index is 0.0266. The molecule has 1 N–H and O–H groups in total. The Morgan fingerprint density at radius 2 is 2.12 bits per heavy atom. The van der Waals surface area contributed by atoms with E-state index < -0.39 is 6.10 Å². The van der Waals surface area contributed by atoms with Crippen LogP contribution in [0, 0.1) is 0 Å². The van der Waals surface area contributed by atoms with Crippen molar-refractivity contribution >= 4 is 11.6 Å². The highest BCUT2D eigenvalue weighted by atomic mass is 16.3. The second-order valence-corrected chi connectivity index (χ2v) is 1.90. The van der Waals surface area contributed by atoms with E-state index in [1.165, 1.54) is 0 Å². The first-order valence-electron chi connectivity index (χ1n) is 2.42. The van der Waals surface area contributed by atoms with Crippen LogP contribution in [-0.4, -0.2) is 22.8 Å². The number of hydrogen-bond acceptors (Lipinski definition) is 3. The molecule has 3 nitrogen and oxygen atoms in total. The maximum Gasteiger partial charge on any atom is 0.169 e. The van der Waals surface area contributed by atoms with Crippen LogP contribution in [0.4, 0.5) is 0 Å². The zero-order valence-electron chi connectivity index (χ0n) is 4.26. The minimum atomic E-state index is -0.998. The average molecular weight is 114 g/mol. The number of Topliss-reactive ketones (excluding diaryl/α,β-unsaturated/α-hetero) is 2. The average Bonchev–Trinajstić information content (AvgIpc) is 1.85. The summed E-state index contributed by atoms with van der Waals surface area (Å²) in [6.45, 7) is 0. The largest absolute Gasteiger partial charge is 0.385 e. The van der Waals surface area contributed by atoms with Crippen LogP contribution in [0.1, 0.15) is 12.8 Å². The van der Waals surface area contributed by atoms with E-state index in [4.69, 9.17) is 5.11 Å². The highest BCUT2D eigenvalue weighted by Gasteiger charge is 2.28. The van der Waals surface area contributed by atoms with Gasteiger partial charge in [0.05, 0.1) is 6.42 Å². The molecule has 0 heterocycles. The van der Waals surface area contributed by atoms with Gasteiger partial charge in [0, 0.05) is 6.42 Å². The quantitative estimate of drug-likeness (QED) is 0.423. The molecule has 1 rings (SSSR count). The molecule has 0 amide bonds. The van der Waals surface area contributed by atoms with E-state index in [0.717, 1.165) is 0 Å². The summed E-state index contributed by atoms with van der Waals surface area (Å²) in [4.78, 5) is 20.6. The summed E-state index contributed by atoms with van der Waals surface area (Å²) >= 11 is 0. The standard InChI is InChI=1S/C5H6O3/c6-3-1-4(7)5(8)2-3/h4,7H,1-2H2. The summed E-state index contributed by atoms with van der Waals surface area (Å²) in [5.41, 5.74) is 0. The second kappa shape index (κ2) is 1.67. The molecule has 0 spiro atoms. The Bertz CT molecular complexity index is 139. The number of hydrogen-bond donors (Lipinski definition) is 1. The smallest absolute Gasteiger partial charge is 0.169 e. The van der Waals surface area contributed by atoms with Gasteiger partial charge in [-0.15, -0.1) is 0 Å². The molecule has 1 aliphatic rings. The van der Waals surface area contributed by atoms with E-state index in [0.29, 0.717) is 0 Å². The first-order valence-corrected chi connectivity index (χ1v) is 2.42. The molecular weight excluding hydrogens is 108 g/mol. The van der Waals surface area contributed by atoms with Gasteiger partial charge in [0.1, 0.15) is 11.9 Å². The van der Waals surface area contributed by atoms with E-state index >= 15 is 0 Å². The summed E-state index contributed by atoms with van der Waals surface area (Å²) in [5.74, 6) is -0.488. The predicted molar refractivity (Wildman–Crippen MR) is 25.3 cm³/mol. The second-order valence-electron chi connectivity index (χ2n) is 1.90. The molecule has 0 aromatic heterocycles. The summed E-state index contributed by atoms with van der Waals surface area (Å²) < 4.78 is 0.